The van der Waals surface area contributed by atoms with E-state index in [2.05, 4.69) is 11.0 Å². The van der Waals surface area contributed by atoms with Crippen LogP contribution in [0.5, 0.6) is 5.75 Å². The lowest BCUT2D eigenvalue weighted by molar-refractivity contribution is 0.122. The number of nitrogens with two attached hydrogens (primary N) is 1. The van der Waals surface area contributed by atoms with E-state index in [1.54, 1.807) is 0 Å². The Hall–Kier alpha value is -1.26. The summed E-state index contributed by atoms with van der Waals surface area (Å²) < 4.78 is 11.0. The van der Waals surface area contributed by atoms with Crippen LogP contribution in [0.2, 0.25) is 0 Å². The van der Waals surface area contributed by atoms with Crippen molar-refractivity contribution in [3.05, 3.63) is 24.3 Å². The molecule has 4 heteroatoms. The lowest BCUT2D eigenvalue weighted by Gasteiger charge is -2.30. The molecule has 0 atom stereocenters. The van der Waals surface area contributed by atoms with Crippen LogP contribution in [0.25, 0.3) is 0 Å². The van der Waals surface area contributed by atoms with Crippen molar-refractivity contribution >= 4 is 5.69 Å². The van der Waals surface area contributed by atoms with Gasteiger partial charge in [-0.3, -0.25) is 0 Å². The number of para-hydroxylation sites is 2. The van der Waals surface area contributed by atoms with Crippen LogP contribution >= 0.6 is 0 Å². The van der Waals surface area contributed by atoms with Gasteiger partial charge < -0.3 is 20.1 Å². The lowest BCUT2D eigenvalue weighted by Crippen LogP contribution is -2.36. The van der Waals surface area contributed by atoms with Gasteiger partial charge in [-0.05, 0) is 12.1 Å². The van der Waals surface area contributed by atoms with E-state index in [-0.39, 0.29) is 0 Å². The van der Waals surface area contributed by atoms with Crippen molar-refractivity contribution in [3.63, 3.8) is 0 Å². The van der Waals surface area contributed by atoms with Crippen LogP contribution in [0.15, 0.2) is 24.3 Å². The normalized spacial score (nSPS) is 16.2. The summed E-state index contributed by atoms with van der Waals surface area (Å²) in [6, 6.07) is 8.08. The van der Waals surface area contributed by atoms with Gasteiger partial charge in [0, 0.05) is 19.6 Å². The van der Waals surface area contributed by atoms with Crippen molar-refractivity contribution in [3.8, 4) is 5.75 Å². The molecule has 4 nitrogen and oxygen atoms in total. The van der Waals surface area contributed by atoms with E-state index in [1.807, 2.05) is 18.2 Å². The molecule has 88 valence electrons. The second-order valence-corrected chi connectivity index (χ2v) is 3.70. The van der Waals surface area contributed by atoms with Crippen molar-refractivity contribution < 1.29 is 9.47 Å². The van der Waals surface area contributed by atoms with Gasteiger partial charge in [0.2, 0.25) is 0 Å². The number of hydrogen-bond donors (Lipinski definition) is 1. The van der Waals surface area contributed by atoms with Gasteiger partial charge in [-0.15, -0.1) is 0 Å². The molecular formula is C12H18N2O2. The van der Waals surface area contributed by atoms with Crippen LogP contribution in [-0.2, 0) is 4.74 Å². The molecule has 2 rings (SSSR count). The maximum Gasteiger partial charge on any atom is 0.142 e. The maximum absolute atomic E-state index is 5.63. The zero-order valence-electron chi connectivity index (χ0n) is 9.39. The molecule has 0 aliphatic carbocycles. The fourth-order valence-corrected chi connectivity index (χ4v) is 1.81. The summed E-state index contributed by atoms with van der Waals surface area (Å²) in [5.74, 6) is 0.912. The predicted octanol–water partition coefficient (Wildman–Crippen LogP) is 0.861. The molecule has 0 saturated carbocycles. The second kappa shape index (κ2) is 5.72. The SMILES string of the molecule is NCCOc1ccccc1N1CCOCC1. The highest BCUT2D eigenvalue weighted by Crippen LogP contribution is 2.28. The zero-order chi connectivity index (χ0) is 11.2. The Kier molecular flexibility index (Phi) is 4.02. The molecule has 1 aliphatic heterocycles. The summed E-state index contributed by atoms with van der Waals surface area (Å²) in [5, 5.41) is 0. The van der Waals surface area contributed by atoms with Gasteiger partial charge in [0.25, 0.3) is 0 Å². The standard InChI is InChI=1S/C12H18N2O2/c13-5-8-16-12-4-2-1-3-11(12)14-6-9-15-10-7-14/h1-4H,5-10,13H2. The van der Waals surface area contributed by atoms with Crippen LogP contribution in [-0.4, -0.2) is 39.5 Å². The summed E-state index contributed by atoms with van der Waals surface area (Å²) >= 11 is 0. The Balaban J connectivity index is 2.11. The third kappa shape index (κ3) is 2.65. The van der Waals surface area contributed by atoms with Crippen molar-refractivity contribution in [1.29, 1.82) is 0 Å². The topological polar surface area (TPSA) is 47.7 Å². The summed E-state index contributed by atoms with van der Waals surface area (Å²) in [6.07, 6.45) is 0. The van der Waals surface area contributed by atoms with E-state index in [9.17, 15) is 0 Å². The van der Waals surface area contributed by atoms with Gasteiger partial charge >= 0.3 is 0 Å². The molecule has 1 aromatic rings. The Bertz CT molecular complexity index is 325. The smallest absolute Gasteiger partial charge is 0.142 e. The Morgan fingerprint density at radius 1 is 1.25 bits per heavy atom. The molecule has 1 aromatic carbocycles. The Morgan fingerprint density at radius 3 is 2.75 bits per heavy atom. The number of hydrogen-bond acceptors (Lipinski definition) is 4. The molecule has 16 heavy (non-hydrogen) atoms. The molecule has 1 fully saturated rings. The Morgan fingerprint density at radius 2 is 2.00 bits per heavy atom. The molecule has 1 saturated heterocycles. The first-order valence-electron chi connectivity index (χ1n) is 5.66. The first kappa shape index (κ1) is 11.2. The number of morpholine rings is 1. The minimum absolute atomic E-state index is 0.539. The quantitative estimate of drug-likeness (QED) is 0.821. The molecule has 0 unspecified atom stereocenters. The molecule has 1 aliphatic rings. The van der Waals surface area contributed by atoms with Gasteiger partial charge in [-0.2, -0.15) is 0 Å². The van der Waals surface area contributed by atoms with E-state index >= 15 is 0 Å². The Labute approximate surface area is 95.9 Å². The molecule has 0 bridgehead atoms. The third-order valence-electron chi connectivity index (χ3n) is 2.59. The molecule has 1 heterocycles. The van der Waals surface area contributed by atoms with Crippen molar-refractivity contribution in [2.75, 3.05) is 44.4 Å². The summed E-state index contributed by atoms with van der Waals surface area (Å²) in [4.78, 5) is 2.29. The molecule has 0 radical (unpaired) electrons. The van der Waals surface area contributed by atoms with E-state index < -0.39 is 0 Å². The molecule has 0 spiro atoms. The highest BCUT2D eigenvalue weighted by atomic mass is 16.5. The van der Waals surface area contributed by atoms with Gasteiger partial charge in [-0.1, -0.05) is 12.1 Å². The van der Waals surface area contributed by atoms with Crippen molar-refractivity contribution in [2.45, 2.75) is 0 Å². The average molecular weight is 222 g/mol. The minimum atomic E-state index is 0.539. The minimum Gasteiger partial charge on any atom is -0.490 e. The number of ether oxygens (including phenoxy) is 2. The fourth-order valence-electron chi connectivity index (χ4n) is 1.81. The summed E-state index contributed by atoms with van der Waals surface area (Å²) in [6.45, 7) is 4.50. The summed E-state index contributed by atoms with van der Waals surface area (Å²) in [5.41, 5.74) is 6.58. The number of benzene rings is 1. The number of anilines is 1. The van der Waals surface area contributed by atoms with E-state index in [1.165, 1.54) is 0 Å². The first-order chi connectivity index (χ1) is 7.92. The molecular weight excluding hydrogens is 204 g/mol. The second-order valence-electron chi connectivity index (χ2n) is 3.70. The van der Waals surface area contributed by atoms with Crippen molar-refractivity contribution in [2.24, 2.45) is 5.73 Å². The van der Waals surface area contributed by atoms with Crippen LogP contribution in [0, 0.1) is 0 Å². The highest BCUT2D eigenvalue weighted by Gasteiger charge is 2.14. The van der Waals surface area contributed by atoms with E-state index in [0.29, 0.717) is 13.2 Å². The largest absolute Gasteiger partial charge is 0.490 e. The molecule has 2 N–H and O–H groups in total. The summed E-state index contributed by atoms with van der Waals surface area (Å²) in [7, 11) is 0. The number of nitrogens with zero attached hydrogens (tertiary/aromatic N) is 1. The average Bonchev–Trinajstić information content (AvgIpc) is 2.38. The lowest BCUT2D eigenvalue weighted by atomic mass is 10.2. The van der Waals surface area contributed by atoms with E-state index in [0.717, 1.165) is 37.7 Å². The van der Waals surface area contributed by atoms with Crippen LogP contribution < -0.4 is 15.4 Å². The predicted molar refractivity (Wildman–Crippen MR) is 64.0 cm³/mol. The maximum atomic E-state index is 5.63. The van der Waals surface area contributed by atoms with Gasteiger partial charge in [-0.25, -0.2) is 0 Å². The zero-order valence-corrected chi connectivity index (χ0v) is 9.39. The van der Waals surface area contributed by atoms with Gasteiger partial charge in [0.15, 0.2) is 0 Å². The van der Waals surface area contributed by atoms with Gasteiger partial charge in [0.1, 0.15) is 12.4 Å². The third-order valence-corrected chi connectivity index (χ3v) is 2.59. The monoisotopic (exact) mass is 222 g/mol. The van der Waals surface area contributed by atoms with Crippen LogP contribution in [0.3, 0.4) is 0 Å². The van der Waals surface area contributed by atoms with E-state index in [4.69, 9.17) is 15.2 Å². The number of rotatable bonds is 4. The van der Waals surface area contributed by atoms with Crippen LogP contribution in [0.4, 0.5) is 5.69 Å². The molecule has 0 aromatic heterocycles. The van der Waals surface area contributed by atoms with Gasteiger partial charge in [0.05, 0.1) is 18.9 Å². The molecule has 0 amide bonds. The highest BCUT2D eigenvalue weighted by molar-refractivity contribution is 5.58. The van der Waals surface area contributed by atoms with Crippen molar-refractivity contribution in [1.82, 2.24) is 0 Å². The van der Waals surface area contributed by atoms with Crippen LogP contribution in [0.1, 0.15) is 0 Å². The fraction of sp³-hybridized carbons (Fsp3) is 0.500. The first-order valence-corrected chi connectivity index (χ1v) is 5.66.